The lowest BCUT2D eigenvalue weighted by Gasteiger charge is -2.35. The summed E-state index contributed by atoms with van der Waals surface area (Å²) in [7, 11) is 0. The minimum atomic E-state index is -0.469. The molecule has 1 aromatic carbocycles. The van der Waals surface area contributed by atoms with E-state index >= 15 is 0 Å². The fourth-order valence-electron chi connectivity index (χ4n) is 3.97. The normalized spacial score (nSPS) is 26.0. The maximum absolute atomic E-state index is 12.8. The van der Waals surface area contributed by atoms with Crippen LogP contribution in [0.3, 0.4) is 0 Å². The average Bonchev–Trinajstić information content (AvgIpc) is 3.03. The van der Waals surface area contributed by atoms with E-state index in [0.717, 1.165) is 32.1 Å². The molecule has 0 spiro atoms. The Morgan fingerprint density at radius 2 is 1.96 bits per heavy atom. The van der Waals surface area contributed by atoms with Crippen LogP contribution in [-0.4, -0.2) is 35.3 Å². The van der Waals surface area contributed by atoms with Crippen molar-refractivity contribution >= 4 is 40.7 Å². The largest absolute Gasteiger partial charge is 0.331 e. The summed E-state index contributed by atoms with van der Waals surface area (Å²) in [5.74, 6) is 0.0536. The smallest absolute Gasteiger partial charge is 0.247 e. The molecule has 7 heteroatoms. The average molecular weight is 398 g/mol. The molecule has 2 amide bonds. The number of hydrogen-bond acceptors (Lipinski definition) is 3. The number of nitrogens with zero attached hydrogens (tertiary/aromatic N) is 1. The number of benzene rings is 1. The number of carbonyl (C=O) groups excluding carboxylic acids is 2. The van der Waals surface area contributed by atoms with Crippen LogP contribution in [0.1, 0.15) is 44.9 Å². The summed E-state index contributed by atoms with van der Waals surface area (Å²) < 4.78 is 0. The van der Waals surface area contributed by atoms with Gasteiger partial charge >= 0.3 is 0 Å². The molecule has 0 bridgehead atoms. The molecule has 1 heterocycles. The Hall–Kier alpha value is -1.30. The fourth-order valence-corrected chi connectivity index (χ4v) is 4.31. The van der Waals surface area contributed by atoms with E-state index in [1.807, 2.05) is 0 Å². The molecule has 1 aliphatic carbocycles. The lowest BCUT2D eigenvalue weighted by molar-refractivity contribution is -0.141. The Kier molecular flexibility index (Phi) is 6.43. The molecule has 1 aliphatic heterocycles. The molecule has 2 aliphatic rings. The van der Waals surface area contributed by atoms with Crippen molar-refractivity contribution in [2.45, 2.75) is 57.0 Å². The van der Waals surface area contributed by atoms with Gasteiger partial charge in [-0.3, -0.25) is 9.59 Å². The third-order valence-corrected chi connectivity index (χ3v) is 6.03. The summed E-state index contributed by atoms with van der Waals surface area (Å²) >= 11 is 12.1. The third kappa shape index (κ3) is 4.51. The second-order valence-corrected chi connectivity index (χ2v) is 8.11. The lowest BCUT2D eigenvalue weighted by Crippen LogP contribution is -2.50. The highest BCUT2D eigenvalue weighted by Crippen LogP contribution is 2.30. The molecule has 26 heavy (non-hydrogen) atoms. The van der Waals surface area contributed by atoms with Crippen LogP contribution >= 0.6 is 23.2 Å². The van der Waals surface area contributed by atoms with Crippen molar-refractivity contribution in [3.05, 3.63) is 28.2 Å². The Labute approximate surface area is 164 Å². The molecule has 1 unspecified atom stereocenters. The highest BCUT2D eigenvalue weighted by Gasteiger charge is 2.35. The van der Waals surface area contributed by atoms with Crippen molar-refractivity contribution in [1.29, 1.82) is 0 Å². The molecule has 0 radical (unpaired) electrons. The number of carbonyl (C=O) groups is 2. The number of amides is 2. The Morgan fingerprint density at radius 1 is 1.15 bits per heavy atom. The topological polar surface area (TPSA) is 75.4 Å². The van der Waals surface area contributed by atoms with Crippen LogP contribution in [0.15, 0.2) is 18.2 Å². The first-order valence-corrected chi connectivity index (χ1v) is 10.0. The first-order chi connectivity index (χ1) is 12.5. The molecule has 1 aromatic rings. The van der Waals surface area contributed by atoms with Gasteiger partial charge in [0.25, 0.3) is 0 Å². The number of piperidine rings is 1. The van der Waals surface area contributed by atoms with Crippen LogP contribution < -0.4 is 11.1 Å². The fraction of sp³-hybridized carbons (Fsp3) is 0.579. The second kappa shape index (κ2) is 8.59. The number of likely N-dealkylation sites (tertiary alicyclic amines) is 1. The van der Waals surface area contributed by atoms with E-state index in [9.17, 15) is 9.59 Å². The molecule has 2 fully saturated rings. The van der Waals surface area contributed by atoms with Crippen LogP contribution in [0, 0.1) is 5.92 Å². The number of nitrogens with one attached hydrogen (secondary N) is 1. The number of halogens is 2. The summed E-state index contributed by atoms with van der Waals surface area (Å²) in [6.45, 7) is 0.613. The molecule has 5 nitrogen and oxygen atoms in total. The van der Waals surface area contributed by atoms with Gasteiger partial charge in [0.05, 0.1) is 10.7 Å². The quantitative estimate of drug-likeness (QED) is 0.810. The third-order valence-electron chi connectivity index (χ3n) is 5.47. The molecule has 1 saturated heterocycles. The van der Waals surface area contributed by atoms with Crippen molar-refractivity contribution in [1.82, 2.24) is 4.90 Å². The Morgan fingerprint density at radius 3 is 2.69 bits per heavy atom. The lowest BCUT2D eigenvalue weighted by atomic mass is 9.96. The predicted molar refractivity (Wildman–Crippen MR) is 104 cm³/mol. The van der Waals surface area contributed by atoms with E-state index in [1.54, 1.807) is 23.1 Å². The first-order valence-electron chi connectivity index (χ1n) is 9.26. The minimum Gasteiger partial charge on any atom is -0.331 e. The molecule has 142 valence electrons. The van der Waals surface area contributed by atoms with E-state index in [1.165, 1.54) is 0 Å². The van der Waals surface area contributed by atoms with Crippen LogP contribution in [0.25, 0.3) is 0 Å². The second-order valence-electron chi connectivity index (χ2n) is 7.27. The molecule has 3 N–H and O–H groups in total. The molecular formula is C19H25Cl2N3O2. The summed E-state index contributed by atoms with van der Waals surface area (Å²) in [5, 5.41) is 3.76. The molecule has 0 aromatic heterocycles. The van der Waals surface area contributed by atoms with Gasteiger partial charge in [-0.25, -0.2) is 0 Å². The Bertz CT molecular complexity index is 683. The zero-order chi connectivity index (χ0) is 18.7. The zero-order valence-electron chi connectivity index (χ0n) is 14.7. The standard InChI is InChI=1S/C19H25Cl2N3O2/c20-13-7-8-14(21)16(11-13)23-19(26)17-6-1-2-9-24(17)18(25)10-12-4-3-5-15(12)22/h7-8,11-12,15,17H,1-6,9-10,22H2,(H,23,26)/t12-,15+,17?/m0/s1. The van der Waals surface area contributed by atoms with Crippen molar-refractivity contribution in [2.24, 2.45) is 11.7 Å². The van der Waals surface area contributed by atoms with E-state index < -0.39 is 6.04 Å². The summed E-state index contributed by atoms with van der Waals surface area (Å²) in [4.78, 5) is 27.4. The van der Waals surface area contributed by atoms with Crippen molar-refractivity contribution < 1.29 is 9.59 Å². The number of hydrogen-bond donors (Lipinski definition) is 2. The number of rotatable bonds is 4. The predicted octanol–water partition coefficient (Wildman–Crippen LogP) is 3.83. The van der Waals surface area contributed by atoms with Crippen molar-refractivity contribution in [3.63, 3.8) is 0 Å². The molecule has 3 rings (SSSR count). The van der Waals surface area contributed by atoms with E-state index in [0.29, 0.717) is 35.1 Å². The minimum absolute atomic E-state index is 0.0318. The van der Waals surface area contributed by atoms with Gasteiger partial charge in [0.15, 0.2) is 0 Å². The molecule has 3 atom stereocenters. The van der Waals surface area contributed by atoms with Gasteiger partial charge in [0.1, 0.15) is 6.04 Å². The summed E-state index contributed by atoms with van der Waals surface area (Å²) in [6, 6.07) is 4.56. The van der Waals surface area contributed by atoms with Gasteiger partial charge in [-0.1, -0.05) is 29.6 Å². The maximum atomic E-state index is 12.8. The number of anilines is 1. The van der Waals surface area contributed by atoms with E-state index in [-0.39, 0.29) is 23.8 Å². The van der Waals surface area contributed by atoms with Crippen LogP contribution in [-0.2, 0) is 9.59 Å². The highest BCUT2D eigenvalue weighted by atomic mass is 35.5. The molecule has 1 saturated carbocycles. The van der Waals surface area contributed by atoms with E-state index in [2.05, 4.69) is 5.32 Å². The summed E-state index contributed by atoms with van der Waals surface area (Å²) in [5.41, 5.74) is 6.58. The summed E-state index contributed by atoms with van der Waals surface area (Å²) in [6.07, 6.45) is 5.99. The maximum Gasteiger partial charge on any atom is 0.247 e. The monoisotopic (exact) mass is 397 g/mol. The Balaban J connectivity index is 1.68. The van der Waals surface area contributed by atoms with Gasteiger partial charge in [0.2, 0.25) is 11.8 Å². The van der Waals surface area contributed by atoms with Gasteiger partial charge in [-0.2, -0.15) is 0 Å². The first kappa shape index (κ1) is 19.5. The van der Waals surface area contributed by atoms with Crippen LogP contribution in [0.4, 0.5) is 5.69 Å². The zero-order valence-corrected chi connectivity index (χ0v) is 16.2. The van der Waals surface area contributed by atoms with Gasteiger partial charge in [-0.15, -0.1) is 0 Å². The van der Waals surface area contributed by atoms with Crippen LogP contribution in [0.5, 0.6) is 0 Å². The van der Waals surface area contributed by atoms with Crippen molar-refractivity contribution in [2.75, 3.05) is 11.9 Å². The van der Waals surface area contributed by atoms with Crippen LogP contribution in [0.2, 0.25) is 10.0 Å². The number of nitrogens with two attached hydrogens (primary N) is 1. The molecular weight excluding hydrogens is 373 g/mol. The van der Waals surface area contributed by atoms with Crippen molar-refractivity contribution in [3.8, 4) is 0 Å². The van der Waals surface area contributed by atoms with E-state index in [4.69, 9.17) is 28.9 Å². The highest BCUT2D eigenvalue weighted by molar-refractivity contribution is 6.35. The van der Waals surface area contributed by atoms with Gasteiger partial charge in [-0.05, 0) is 56.2 Å². The van der Waals surface area contributed by atoms with Gasteiger partial charge in [0, 0.05) is 24.0 Å². The van der Waals surface area contributed by atoms with Gasteiger partial charge < -0.3 is 16.0 Å². The SMILES string of the molecule is N[C@@H]1CCC[C@H]1CC(=O)N1CCCCC1C(=O)Nc1cc(Cl)ccc1Cl.